The molecule has 0 fully saturated rings. The molecule has 0 bridgehead atoms. The number of benzene rings is 1. The number of aromatic nitrogens is 2. The highest BCUT2D eigenvalue weighted by atomic mass is 14.9. The molecule has 0 atom stereocenters. The van der Waals surface area contributed by atoms with Crippen LogP contribution in [-0.4, -0.2) is 16.5 Å². The minimum Gasteiger partial charge on any atom is -0.313 e. The third kappa shape index (κ3) is 2.88. The predicted octanol–water partition coefficient (Wildman–Crippen LogP) is 2.86. The topological polar surface area (TPSA) is 37.8 Å². The molecule has 1 heterocycles. The van der Waals surface area contributed by atoms with Crippen LogP contribution in [0.15, 0.2) is 36.7 Å². The summed E-state index contributed by atoms with van der Waals surface area (Å²) in [6.45, 7) is 4.07. The summed E-state index contributed by atoms with van der Waals surface area (Å²) in [5, 5.41) is 3.37. The summed E-state index contributed by atoms with van der Waals surface area (Å²) in [5.41, 5.74) is 4.07. The second-order valence-corrected chi connectivity index (χ2v) is 5.50. The fourth-order valence-electron chi connectivity index (χ4n) is 2.82. The van der Waals surface area contributed by atoms with E-state index in [0.717, 1.165) is 43.7 Å². The maximum absolute atomic E-state index is 4.57. The second-order valence-electron chi connectivity index (χ2n) is 5.50. The molecule has 1 aromatic carbocycles. The van der Waals surface area contributed by atoms with E-state index in [9.17, 15) is 0 Å². The molecule has 3 rings (SSSR count). The van der Waals surface area contributed by atoms with Crippen LogP contribution in [0.1, 0.15) is 41.8 Å². The molecule has 1 aliphatic carbocycles. The summed E-state index contributed by atoms with van der Waals surface area (Å²) in [7, 11) is 0. The monoisotopic (exact) mass is 267 g/mol. The number of nitrogens with one attached hydrogen (secondary N) is 1. The van der Waals surface area contributed by atoms with Crippen molar-refractivity contribution in [2.24, 2.45) is 0 Å². The van der Waals surface area contributed by atoms with Gasteiger partial charge in [-0.3, -0.25) is 0 Å². The molecule has 3 heteroatoms. The number of rotatable bonds is 5. The lowest BCUT2D eigenvalue weighted by molar-refractivity contribution is 0.655. The molecule has 0 amide bonds. The van der Waals surface area contributed by atoms with Crippen molar-refractivity contribution in [3.8, 4) is 0 Å². The van der Waals surface area contributed by atoms with Crippen LogP contribution in [0.3, 0.4) is 0 Å². The molecule has 1 N–H and O–H groups in total. The summed E-state index contributed by atoms with van der Waals surface area (Å²) >= 11 is 0. The average molecular weight is 267 g/mol. The fourth-order valence-corrected chi connectivity index (χ4v) is 2.82. The highest BCUT2D eigenvalue weighted by Gasteiger charge is 2.24. The third-order valence-electron chi connectivity index (χ3n) is 3.90. The zero-order valence-electron chi connectivity index (χ0n) is 12.0. The van der Waals surface area contributed by atoms with E-state index in [1.54, 1.807) is 0 Å². The van der Waals surface area contributed by atoms with Gasteiger partial charge in [0, 0.05) is 30.4 Å². The zero-order valence-corrected chi connectivity index (χ0v) is 12.0. The Bertz CT molecular complexity index is 538. The van der Waals surface area contributed by atoms with Gasteiger partial charge in [-0.15, -0.1) is 0 Å². The SMILES string of the molecule is CCCNCc1cnc(C2Cc3ccccc3C2)nc1. The Kier molecular flexibility index (Phi) is 4.07. The van der Waals surface area contributed by atoms with E-state index < -0.39 is 0 Å². The molecular weight excluding hydrogens is 246 g/mol. The molecule has 0 saturated carbocycles. The Balaban J connectivity index is 1.65. The van der Waals surface area contributed by atoms with Gasteiger partial charge < -0.3 is 5.32 Å². The minimum absolute atomic E-state index is 0.449. The van der Waals surface area contributed by atoms with Crippen molar-refractivity contribution in [3.63, 3.8) is 0 Å². The van der Waals surface area contributed by atoms with Crippen LogP contribution in [0.5, 0.6) is 0 Å². The Morgan fingerprint density at radius 3 is 2.35 bits per heavy atom. The molecule has 0 radical (unpaired) electrons. The zero-order chi connectivity index (χ0) is 13.8. The van der Waals surface area contributed by atoms with Gasteiger partial charge in [0.05, 0.1) is 0 Å². The number of nitrogens with zero attached hydrogens (tertiary/aromatic N) is 2. The quantitative estimate of drug-likeness (QED) is 0.847. The van der Waals surface area contributed by atoms with Gasteiger partial charge in [-0.2, -0.15) is 0 Å². The molecule has 20 heavy (non-hydrogen) atoms. The van der Waals surface area contributed by atoms with Crippen LogP contribution in [-0.2, 0) is 19.4 Å². The van der Waals surface area contributed by atoms with Crippen LogP contribution < -0.4 is 5.32 Å². The standard InChI is InChI=1S/C17H21N3/c1-2-7-18-10-13-11-19-17(20-12-13)16-8-14-5-3-4-6-15(14)9-16/h3-6,11-12,16,18H,2,7-10H2,1H3. The first-order valence-electron chi connectivity index (χ1n) is 7.45. The molecule has 104 valence electrons. The van der Waals surface area contributed by atoms with Crippen LogP contribution in [0.4, 0.5) is 0 Å². The summed E-state index contributed by atoms with van der Waals surface area (Å²) < 4.78 is 0. The largest absolute Gasteiger partial charge is 0.313 e. The van der Waals surface area contributed by atoms with E-state index in [-0.39, 0.29) is 0 Å². The summed E-state index contributed by atoms with van der Waals surface area (Å²) in [4.78, 5) is 9.14. The van der Waals surface area contributed by atoms with Gasteiger partial charge in [-0.1, -0.05) is 31.2 Å². The van der Waals surface area contributed by atoms with Gasteiger partial charge in [-0.25, -0.2) is 9.97 Å². The molecule has 0 aliphatic heterocycles. The smallest absolute Gasteiger partial charge is 0.131 e. The maximum Gasteiger partial charge on any atom is 0.131 e. The van der Waals surface area contributed by atoms with Crippen molar-refractivity contribution >= 4 is 0 Å². The first-order valence-corrected chi connectivity index (χ1v) is 7.45. The van der Waals surface area contributed by atoms with E-state index in [1.807, 2.05) is 12.4 Å². The Labute approximate surface area is 120 Å². The molecule has 3 nitrogen and oxygen atoms in total. The lowest BCUT2D eigenvalue weighted by Crippen LogP contribution is -2.14. The number of fused-ring (bicyclic) bond motifs is 1. The van der Waals surface area contributed by atoms with Gasteiger partial charge >= 0.3 is 0 Å². The van der Waals surface area contributed by atoms with Crippen LogP contribution in [0.25, 0.3) is 0 Å². The minimum atomic E-state index is 0.449. The van der Waals surface area contributed by atoms with Crippen molar-refractivity contribution in [2.75, 3.05) is 6.54 Å². The van der Waals surface area contributed by atoms with Gasteiger partial charge in [0.15, 0.2) is 0 Å². The Morgan fingerprint density at radius 2 is 1.75 bits per heavy atom. The Morgan fingerprint density at radius 1 is 1.10 bits per heavy atom. The number of hydrogen-bond donors (Lipinski definition) is 1. The molecule has 0 spiro atoms. The summed E-state index contributed by atoms with van der Waals surface area (Å²) in [6, 6.07) is 8.67. The van der Waals surface area contributed by atoms with E-state index in [4.69, 9.17) is 0 Å². The molecule has 1 aliphatic rings. The highest BCUT2D eigenvalue weighted by Crippen LogP contribution is 2.31. The first-order chi connectivity index (χ1) is 9.86. The van der Waals surface area contributed by atoms with Crippen LogP contribution in [0, 0.1) is 0 Å². The van der Waals surface area contributed by atoms with E-state index in [1.165, 1.54) is 11.1 Å². The van der Waals surface area contributed by atoms with E-state index in [2.05, 4.69) is 46.5 Å². The maximum atomic E-state index is 4.57. The highest BCUT2D eigenvalue weighted by molar-refractivity contribution is 5.35. The third-order valence-corrected chi connectivity index (χ3v) is 3.90. The molecule has 2 aromatic rings. The van der Waals surface area contributed by atoms with E-state index in [0.29, 0.717) is 5.92 Å². The van der Waals surface area contributed by atoms with Crippen molar-refractivity contribution in [2.45, 2.75) is 38.6 Å². The van der Waals surface area contributed by atoms with Gasteiger partial charge in [0.25, 0.3) is 0 Å². The average Bonchev–Trinajstić information content (AvgIpc) is 2.92. The summed E-state index contributed by atoms with van der Waals surface area (Å²) in [5.74, 6) is 1.44. The van der Waals surface area contributed by atoms with Crippen molar-refractivity contribution in [1.29, 1.82) is 0 Å². The lowest BCUT2D eigenvalue weighted by atomic mass is 10.1. The molecule has 0 unspecified atom stereocenters. The fraction of sp³-hybridized carbons (Fsp3) is 0.412. The molecule has 1 aromatic heterocycles. The van der Waals surface area contributed by atoms with Gasteiger partial charge in [0.1, 0.15) is 5.82 Å². The Hall–Kier alpha value is -1.74. The van der Waals surface area contributed by atoms with Crippen molar-refractivity contribution in [3.05, 3.63) is 59.2 Å². The molecular formula is C17H21N3. The molecule has 0 saturated heterocycles. The summed E-state index contributed by atoms with van der Waals surface area (Å²) in [6.07, 6.45) is 7.23. The second kappa shape index (κ2) is 6.14. The normalized spacial score (nSPS) is 14.4. The van der Waals surface area contributed by atoms with E-state index >= 15 is 0 Å². The first kappa shape index (κ1) is 13.3. The lowest BCUT2D eigenvalue weighted by Gasteiger charge is -2.08. The predicted molar refractivity (Wildman–Crippen MR) is 80.6 cm³/mol. The van der Waals surface area contributed by atoms with Gasteiger partial charge in [0.2, 0.25) is 0 Å². The van der Waals surface area contributed by atoms with Crippen LogP contribution in [0.2, 0.25) is 0 Å². The number of hydrogen-bond acceptors (Lipinski definition) is 3. The van der Waals surface area contributed by atoms with Crippen LogP contribution >= 0.6 is 0 Å². The van der Waals surface area contributed by atoms with Gasteiger partial charge in [-0.05, 0) is 36.9 Å². The van der Waals surface area contributed by atoms with Crippen molar-refractivity contribution in [1.82, 2.24) is 15.3 Å². The van der Waals surface area contributed by atoms with Crippen molar-refractivity contribution < 1.29 is 0 Å².